The van der Waals surface area contributed by atoms with E-state index in [9.17, 15) is 4.79 Å². The van der Waals surface area contributed by atoms with E-state index in [0.717, 1.165) is 11.1 Å². The Morgan fingerprint density at radius 2 is 1.86 bits per heavy atom. The molecule has 9 nitrogen and oxygen atoms in total. The normalized spacial score (nSPS) is 16.7. The predicted octanol–water partition coefficient (Wildman–Crippen LogP) is 4.14. The lowest BCUT2D eigenvalue weighted by Gasteiger charge is -2.34. The van der Waals surface area contributed by atoms with E-state index in [1.54, 1.807) is 43.4 Å². The monoisotopic (exact) mass is 468 g/mol. The van der Waals surface area contributed by atoms with E-state index >= 15 is 0 Å². The molecule has 0 bridgehead atoms. The fourth-order valence-electron chi connectivity index (χ4n) is 4.19. The van der Waals surface area contributed by atoms with E-state index in [0.29, 0.717) is 34.7 Å². The van der Waals surface area contributed by atoms with Gasteiger partial charge >= 0.3 is 0 Å². The van der Waals surface area contributed by atoms with Crippen molar-refractivity contribution >= 4 is 17.5 Å². The second-order valence-electron chi connectivity index (χ2n) is 7.99. The van der Waals surface area contributed by atoms with Crippen LogP contribution in [0.2, 0.25) is 0 Å². The van der Waals surface area contributed by atoms with Gasteiger partial charge in [-0.15, -0.1) is 5.10 Å². The van der Waals surface area contributed by atoms with Crippen molar-refractivity contribution in [2.45, 2.75) is 6.04 Å². The number of nitrogens with zero attached hydrogens (tertiary/aromatic N) is 4. The number of carbonyl (C=O) groups is 1. The number of carbonyl (C=O) groups excluding carboxylic acids is 1. The molecule has 0 saturated heterocycles. The molecule has 2 atom stereocenters. The Hall–Kier alpha value is -4.66. The van der Waals surface area contributed by atoms with Gasteiger partial charge < -0.3 is 20.1 Å². The molecule has 35 heavy (non-hydrogen) atoms. The highest BCUT2D eigenvalue weighted by Gasteiger charge is 2.40. The van der Waals surface area contributed by atoms with Gasteiger partial charge in [-0.05, 0) is 29.8 Å². The van der Waals surface area contributed by atoms with Crippen LogP contribution >= 0.6 is 0 Å². The molecule has 0 spiro atoms. The molecule has 4 aromatic rings. The number of rotatable bonds is 6. The zero-order valence-corrected chi connectivity index (χ0v) is 19.3. The number of amides is 1. The Balaban J connectivity index is 1.62. The van der Waals surface area contributed by atoms with Gasteiger partial charge in [0, 0.05) is 17.5 Å². The van der Waals surface area contributed by atoms with Gasteiger partial charge in [0.15, 0.2) is 17.3 Å². The summed E-state index contributed by atoms with van der Waals surface area (Å²) >= 11 is 0. The molecule has 5 rings (SSSR count). The maximum Gasteiger partial charge on any atom is 0.236 e. The number of aromatic nitrogens is 4. The predicted molar refractivity (Wildman–Crippen MR) is 132 cm³/mol. The first-order valence-corrected chi connectivity index (χ1v) is 11.0. The molecule has 1 aliphatic rings. The van der Waals surface area contributed by atoms with Crippen LogP contribution in [0.1, 0.15) is 11.6 Å². The number of benzene rings is 2. The number of anilines is 2. The zero-order valence-electron chi connectivity index (χ0n) is 19.3. The molecular formula is C26H24N6O3. The molecule has 1 aliphatic heterocycles. The van der Waals surface area contributed by atoms with Crippen LogP contribution in [-0.4, -0.2) is 39.9 Å². The maximum atomic E-state index is 13.6. The number of hydrogen-bond donors (Lipinski definition) is 2. The third-order valence-electron chi connectivity index (χ3n) is 5.85. The fraction of sp³-hybridized carbons (Fsp3) is 0.154. The maximum absolute atomic E-state index is 13.6. The number of pyridine rings is 1. The molecule has 3 heterocycles. The van der Waals surface area contributed by atoms with Crippen LogP contribution in [0.3, 0.4) is 0 Å². The van der Waals surface area contributed by atoms with E-state index in [4.69, 9.17) is 14.6 Å². The van der Waals surface area contributed by atoms with Crippen LogP contribution < -0.4 is 20.1 Å². The van der Waals surface area contributed by atoms with E-state index in [2.05, 4.69) is 27.2 Å². The average Bonchev–Trinajstić information content (AvgIpc) is 3.32. The minimum Gasteiger partial charge on any atom is -0.493 e. The standard InChI is InChI=1S/C26H24N6O3/c1-16-22(25(33)29-19-10-7-13-27-15-19)23(18-11-12-20(34-2)21(14-18)35-3)32-26(28-16)30-24(31-32)17-8-5-4-6-9-17/h4-15,22-23H,1H2,2-3H3,(H,29,33)(H,28,30,31). The van der Waals surface area contributed by atoms with Crippen LogP contribution in [0, 0.1) is 5.92 Å². The Kier molecular flexibility index (Phi) is 5.88. The second-order valence-corrected chi connectivity index (χ2v) is 7.99. The zero-order chi connectivity index (χ0) is 24.4. The molecule has 2 aromatic carbocycles. The number of ether oxygens (including phenoxy) is 2. The first kappa shape index (κ1) is 22.1. The van der Waals surface area contributed by atoms with Crippen LogP contribution in [-0.2, 0) is 4.79 Å². The molecule has 9 heteroatoms. The highest BCUT2D eigenvalue weighted by atomic mass is 16.5. The Morgan fingerprint density at radius 1 is 1.06 bits per heavy atom. The number of hydrogen-bond acceptors (Lipinski definition) is 7. The first-order chi connectivity index (χ1) is 17.1. The van der Waals surface area contributed by atoms with E-state index in [1.165, 1.54) is 0 Å². The minimum absolute atomic E-state index is 0.252. The SMILES string of the molecule is C=C1Nc2nc(-c3ccccc3)nn2C(c2ccc(OC)c(OC)c2)C1C(=O)Nc1cccnc1. The topological polar surface area (TPSA) is 103 Å². The summed E-state index contributed by atoms with van der Waals surface area (Å²) in [6, 6.07) is 18.2. The molecule has 0 radical (unpaired) electrons. The summed E-state index contributed by atoms with van der Waals surface area (Å²) in [6.45, 7) is 4.17. The highest BCUT2D eigenvalue weighted by Crippen LogP contribution is 2.41. The van der Waals surface area contributed by atoms with Gasteiger partial charge in [-0.2, -0.15) is 4.98 Å². The van der Waals surface area contributed by atoms with Crippen molar-refractivity contribution < 1.29 is 14.3 Å². The van der Waals surface area contributed by atoms with Crippen molar-refractivity contribution in [3.63, 3.8) is 0 Å². The quantitative estimate of drug-likeness (QED) is 0.438. The lowest BCUT2D eigenvalue weighted by Crippen LogP contribution is -2.39. The molecule has 2 unspecified atom stereocenters. The number of methoxy groups -OCH3 is 2. The van der Waals surface area contributed by atoms with Gasteiger partial charge in [-0.3, -0.25) is 9.78 Å². The number of fused-ring (bicyclic) bond motifs is 1. The average molecular weight is 469 g/mol. The second kappa shape index (κ2) is 9.30. The molecule has 176 valence electrons. The molecule has 2 aromatic heterocycles. The Labute approximate surface area is 202 Å². The molecule has 0 aliphatic carbocycles. The van der Waals surface area contributed by atoms with Crippen LogP contribution in [0.4, 0.5) is 11.6 Å². The summed E-state index contributed by atoms with van der Waals surface area (Å²) < 4.78 is 12.7. The molecule has 1 amide bonds. The molecule has 0 fully saturated rings. The summed E-state index contributed by atoms with van der Waals surface area (Å²) in [4.78, 5) is 22.3. The first-order valence-electron chi connectivity index (χ1n) is 11.0. The van der Waals surface area contributed by atoms with E-state index in [-0.39, 0.29) is 5.91 Å². The van der Waals surface area contributed by atoms with Crippen molar-refractivity contribution in [3.05, 3.63) is 90.9 Å². The van der Waals surface area contributed by atoms with Gasteiger partial charge in [-0.1, -0.05) is 43.0 Å². The summed E-state index contributed by atoms with van der Waals surface area (Å²) in [5, 5.41) is 10.9. The molecule has 0 saturated carbocycles. The Bertz CT molecular complexity index is 1370. The summed E-state index contributed by atoms with van der Waals surface area (Å²) in [5.74, 6) is 1.22. The van der Waals surface area contributed by atoms with Crippen molar-refractivity contribution in [2.75, 3.05) is 24.9 Å². The Morgan fingerprint density at radius 3 is 2.57 bits per heavy atom. The smallest absolute Gasteiger partial charge is 0.236 e. The van der Waals surface area contributed by atoms with Gasteiger partial charge in [0.1, 0.15) is 5.92 Å². The van der Waals surface area contributed by atoms with Crippen LogP contribution in [0.15, 0.2) is 85.3 Å². The van der Waals surface area contributed by atoms with Crippen molar-refractivity contribution in [3.8, 4) is 22.9 Å². The summed E-state index contributed by atoms with van der Waals surface area (Å²) in [5.41, 5.74) is 2.75. The van der Waals surface area contributed by atoms with Crippen molar-refractivity contribution in [2.24, 2.45) is 5.92 Å². The molecule has 2 N–H and O–H groups in total. The van der Waals surface area contributed by atoms with Crippen LogP contribution in [0.25, 0.3) is 11.4 Å². The fourth-order valence-corrected chi connectivity index (χ4v) is 4.19. The van der Waals surface area contributed by atoms with Gasteiger partial charge in [0.05, 0.1) is 32.1 Å². The van der Waals surface area contributed by atoms with E-state index < -0.39 is 12.0 Å². The van der Waals surface area contributed by atoms with E-state index in [1.807, 2.05) is 48.5 Å². The third-order valence-corrected chi connectivity index (χ3v) is 5.85. The largest absolute Gasteiger partial charge is 0.493 e. The summed E-state index contributed by atoms with van der Waals surface area (Å²) in [6.07, 6.45) is 3.24. The lowest BCUT2D eigenvalue weighted by molar-refractivity contribution is -0.119. The number of nitrogens with one attached hydrogen (secondary N) is 2. The van der Waals surface area contributed by atoms with Crippen LogP contribution in [0.5, 0.6) is 11.5 Å². The molecular weight excluding hydrogens is 444 g/mol. The van der Waals surface area contributed by atoms with Gasteiger partial charge in [0.25, 0.3) is 0 Å². The lowest BCUT2D eigenvalue weighted by atomic mass is 9.88. The summed E-state index contributed by atoms with van der Waals surface area (Å²) in [7, 11) is 3.15. The third kappa shape index (κ3) is 4.19. The van der Waals surface area contributed by atoms with Crippen molar-refractivity contribution in [1.82, 2.24) is 19.7 Å². The highest BCUT2D eigenvalue weighted by molar-refractivity contribution is 5.95. The van der Waals surface area contributed by atoms with Crippen molar-refractivity contribution in [1.29, 1.82) is 0 Å². The van der Waals surface area contributed by atoms with Gasteiger partial charge in [-0.25, -0.2) is 4.68 Å². The van der Waals surface area contributed by atoms with Gasteiger partial charge in [0.2, 0.25) is 11.9 Å². The minimum atomic E-state index is -0.703.